The Labute approximate surface area is 175 Å². The summed E-state index contributed by atoms with van der Waals surface area (Å²) in [5, 5.41) is 5.51. The van der Waals surface area contributed by atoms with E-state index in [9.17, 15) is 9.59 Å². The number of rotatable bonds is 17. The van der Waals surface area contributed by atoms with Crippen molar-refractivity contribution < 1.29 is 28.5 Å². The Morgan fingerprint density at radius 3 is 1.97 bits per heavy atom. The van der Waals surface area contributed by atoms with Crippen LogP contribution in [-0.4, -0.2) is 64.9 Å². The van der Waals surface area contributed by atoms with E-state index in [1.54, 1.807) is 12.2 Å². The minimum atomic E-state index is -0.447. The summed E-state index contributed by atoms with van der Waals surface area (Å²) in [4.78, 5) is 23.3. The molecule has 2 N–H and O–H groups in total. The molecule has 0 radical (unpaired) electrons. The summed E-state index contributed by atoms with van der Waals surface area (Å²) in [5.41, 5.74) is 0.00385. The van der Waals surface area contributed by atoms with Gasteiger partial charge in [-0.05, 0) is 24.2 Å². The molecule has 168 valence electrons. The van der Waals surface area contributed by atoms with Crippen LogP contribution in [-0.2, 0) is 18.9 Å². The Bertz CT molecular complexity index is 482. The Morgan fingerprint density at radius 1 is 0.931 bits per heavy atom. The molecule has 0 saturated carbocycles. The number of amides is 2. The largest absolute Gasteiger partial charge is 0.447 e. The molecule has 0 rings (SSSR count). The first-order valence-electron chi connectivity index (χ1n) is 9.99. The third-order valence-electron chi connectivity index (χ3n) is 3.96. The molecule has 0 aromatic carbocycles. The van der Waals surface area contributed by atoms with Crippen molar-refractivity contribution >= 4 is 12.2 Å². The summed E-state index contributed by atoms with van der Waals surface area (Å²) in [6.07, 6.45) is 4.08. The van der Waals surface area contributed by atoms with Crippen LogP contribution in [0.15, 0.2) is 25.3 Å². The lowest BCUT2D eigenvalue weighted by atomic mass is 9.80. The molecule has 0 spiro atoms. The highest BCUT2D eigenvalue weighted by atomic mass is 16.6. The molecule has 0 heterocycles. The van der Waals surface area contributed by atoms with Crippen molar-refractivity contribution in [3.8, 4) is 0 Å². The van der Waals surface area contributed by atoms with Crippen LogP contribution in [0.1, 0.15) is 33.6 Å². The average molecular weight is 415 g/mol. The first-order chi connectivity index (χ1) is 13.8. The second-order valence-electron chi connectivity index (χ2n) is 7.53. The second kappa shape index (κ2) is 16.9. The number of ether oxygens (including phenoxy) is 4. The minimum Gasteiger partial charge on any atom is -0.447 e. The monoisotopic (exact) mass is 414 g/mol. The highest BCUT2D eigenvalue weighted by Gasteiger charge is 2.21. The third-order valence-corrected chi connectivity index (χ3v) is 3.96. The Kier molecular flexibility index (Phi) is 15.7. The van der Waals surface area contributed by atoms with E-state index >= 15 is 0 Å². The molecular formula is C21H38N2O6. The highest BCUT2D eigenvalue weighted by Crippen LogP contribution is 2.28. The Morgan fingerprint density at radius 2 is 1.45 bits per heavy atom. The third kappa shape index (κ3) is 17.8. The highest BCUT2D eigenvalue weighted by molar-refractivity contribution is 5.67. The Hall–Kier alpha value is -2.06. The zero-order valence-electron chi connectivity index (χ0n) is 18.2. The van der Waals surface area contributed by atoms with E-state index in [-0.39, 0.29) is 24.5 Å². The SMILES string of the molecule is C=CCOCCOC(=O)NCCC(C)(C)CC(C)CNC(=O)OCCOCC=C. The average Bonchev–Trinajstić information content (AvgIpc) is 2.65. The van der Waals surface area contributed by atoms with Gasteiger partial charge in [-0.1, -0.05) is 32.9 Å². The summed E-state index contributed by atoms with van der Waals surface area (Å²) in [6.45, 7) is 16.5. The zero-order chi connectivity index (χ0) is 22.0. The summed E-state index contributed by atoms with van der Waals surface area (Å²) >= 11 is 0. The van der Waals surface area contributed by atoms with Crippen LogP contribution in [0, 0.1) is 11.3 Å². The van der Waals surface area contributed by atoms with Crippen LogP contribution >= 0.6 is 0 Å². The lowest BCUT2D eigenvalue weighted by Gasteiger charge is -2.28. The summed E-state index contributed by atoms with van der Waals surface area (Å²) < 4.78 is 20.3. The fraction of sp³-hybridized carbons (Fsp3) is 0.714. The van der Waals surface area contributed by atoms with Gasteiger partial charge in [-0.25, -0.2) is 9.59 Å². The van der Waals surface area contributed by atoms with Crippen LogP contribution in [0.25, 0.3) is 0 Å². The molecule has 0 aliphatic rings. The smallest absolute Gasteiger partial charge is 0.407 e. The van der Waals surface area contributed by atoms with Gasteiger partial charge >= 0.3 is 12.2 Å². The molecule has 1 atom stereocenters. The van der Waals surface area contributed by atoms with Crippen molar-refractivity contribution in [1.29, 1.82) is 0 Å². The standard InChI is InChI=1S/C21H38N2O6/c1-6-10-26-12-14-28-19(24)22-9-8-21(4,5)16-18(3)17-23-20(25)29-15-13-27-11-7-2/h6-7,18H,1-2,8-17H2,3-5H3,(H,22,24)(H,23,25). The van der Waals surface area contributed by atoms with Crippen molar-refractivity contribution in [2.75, 3.05) is 52.7 Å². The minimum absolute atomic E-state index is 0.00385. The topological polar surface area (TPSA) is 95.1 Å². The van der Waals surface area contributed by atoms with Crippen molar-refractivity contribution in [3.63, 3.8) is 0 Å². The lowest BCUT2D eigenvalue weighted by Crippen LogP contribution is -2.33. The summed E-state index contributed by atoms with van der Waals surface area (Å²) in [7, 11) is 0. The van der Waals surface area contributed by atoms with E-state index in [2.05, 4.69) is 44.6 Å². The molecule has 2 amide bonds. The maximum atomic E-state index is 11.7. The number of carbonyl (C=O) groups is 2. The first-order valence-corrected chi connectivity index (χ1v) is 9.99. The molecule has 0 bridgehead atoms. The van der Waals surface area contributed by atoms with E-state index in [1.807, 2.05) is 0 Å². The van der Waals surface area contributed by atoms with Gasteiger partial charge in [0.05, 0.1) is 26.4 Å². The molecule has 0 aromatic rings. The molecule has 0 fully saturated rings. The number of hydrogen-bond acceptors (Lipinski definition) is 6. The molecule has 1 unspecified atom stereocenters. The lowest BCUT2D eigenvalue weighted by molar-refractivity contribution is 0.0836. The van der Waals surface area contributed by atoms with Gasteiger partial charge in [-0.15, -0.1) is 13.2 Å². The van der Waals surface area contributed by atoms with E-state index in [1.165, 1.54) is 0 Å². The van der Waals surface area contributed by atoms with E-state index in [0.29, 0.717) is 39.5 Å². The van der Waals surface area contributed by atoms with Crippen molar-refractivity contribution in [1.82, 2.24) is 10.6 Å². The van der Waals surface area contributed by atoms with Crippen molar-refractivity contribution in [2.24, 2.45) is 11.3 Å². The van der Waals surface area contributed by atoms with Crippen LogP contribution in [0.5, 0.6) is 0 Å². The molecule has 8 nitrogen and oxygen atoms in total. The fourth-order valence-electron chi connectivity index (χ4n) is 2.70. The molecule has 0 aromatic heterocycles. The van der Waals surface area contributed by atoms with E-state index < -0.39 is 12.2 Å². The predicted octanol–water partition coefficient (Wildman–Crippen LogP) is 3.29. The van der Waals surface area contributed by atoms with Crippen molar-refractivity contribution in [2.45, 2.75) is 33.6 Å². The molecule has 0 aliphatic heterocycles. The number of carbonyl (C=O) groups excluding carboxylic acids is 2. The van der Waals surface area contributed by atoms with Gasteiger partial charge in [0.1, 0.15) is 13.2 Å². The van der Waals surface area contributed by atoms with Crippen LogP contribution in [0.2, 0.25) is 0 Å². The molecule has 0 aliphatic carbocycles. The first kappa shape index (κ1) is 26.9. The fourth-order valence-corrected chi connectivity index (χ4v) is 2.70. The van der Waals surface area contributed by atoms with Crippen LogP contribution in [0.4, 0.5) is 9.59 Å². The predicted molar refractivity (Wildman–Crippen MR) is 113 cm³/mol. The maximum Gasteiger partial charge on any atom is 0.407 e. The second-order valence-corrected chi connectivity index (χ2v) is 7.53. The molecule has 0 saturated heterocycles. The maximum absolute atomic E-state index is 11.7. The quantitative estimate of drug-likeness (QED) is 0.280. The van der Waals surface area contributed by atoms with Crippen LogP contribution < -0.4 is 10.6 Å². The van der Waals surface area contributed by atoms with Gasteiger partial charge in [0, 0.05) is 13.1 Å². The van der Waals surface area contributed by atoms with Crippen LogP contribution in [0.3, 0.4) is 0 Å². The van der Waals surface area contributed by atoms with Gasteiger partial charge in [0.2, 0.25) is 0 Å². The Balaban J connectivity index is 3.85. The molecule has 29 heavy (non-hydrogen) atoms. The number of alkyl carbamates (subject to hydrolysis) is 2. The summed E-state index contributed by atoms with van der Waals surface area (Å²) in [5.74, 6) is 0.267. The number of nitrogens with one attached hydrogen (secondary N) is 2. The van der Waals surface area contributed by atoms with Gasteiger partial charge in [-0.2, -0.15) is 0 Å². The normalized spacial score (nSPS) is 12.0. The zero-order valence-corrected chi connectivity index (χ0v) is 18.2. The summed E-state index contributed by atoms with van der Waals surface area (Å²) in [6, 6.07) is 0. The van der Waals surface area contributed by atoms with Gasteiger partial charge in [-0.3, -0.25) is 0 Å². The van der Waals surface area contributed by atoms with Gasteiger partial charge < -0.3 is 29.6 Å². The van der Waals surface area contributed by atoms with Gasteiger partial charge in [0.15, 0.2) is 0 Å². The van der Waals surface area contributed by atoms with E-state index in [0.717, 1.165) is 12.8 Å². The van der Waals surface area contributed by atoms with Crippen molar-refractivity contribution in [3.05, 3.63) is 25.3 Å². The number of hydrogen-bond donors (Lipinski definition) is 2. The van der Waals surface area contributed by atoms with E-state index in [4.69, 9.17) is 18.9 Å². The molecule has 8 heteroatoms. The van der Waals surface area contributed by atoms with Gasteiger partial charge in [0.25, 0.3) is 0 Å². The molecular weight excluding hydrogens is 376 g/mol.